The van der Waals surface area contributed by atoms with Crippen LogP contribution in [0.3, 0.4) is 0 Å². The Kier molecular flexibility index (Phi) is 8.56. The summed E-state index contributed by atoms with van der Waals surface area (Å²) in [4.78, 5) is 17.0. The van der Waals surface area contributed by atoms with Gasteiger partial charge in [-0.1, -0.05) is 42.5 Å². The monoisotopic (exact) mass is 423 g/mol. The summed E-state index contributed by atoms with van der Waals surface area (Å²) in [5.41, 5.74) is 6.33. The number of rotatable bonds is 11. The molecule has 0 unspecified atom stereocenters. The predicted octanol–water partition coefficient (Wildman–Crippen LogP) is 4.48. The van der Waals surface area contributed by atoms with Crippen LogP contribution in [0.1, 0.15) is 23.1 Å². The van der Waals surface area contributed by atoms with Crippen LogP contribution in [0.25, 0.3) is 17.0 Å². The van der Waals surface area contributed by atoms with Gasteiger partial charge in [0.25, 0.3) is 5.91 Å². The van der Waals surface area contributed by atoms with Crippen molar-refractivity contribution in [3.8, 4) is 0 Å². The molecule has 5 nitrogen and oxygen atoms in total. The van der Waals surface area contributed by atoms with E-state index >= 15 is 0 Å². The summed E-state index contributed by atoms with van der Waals surface area (Å²) in [7, 11) is 0. The van der Waals surface area contributed by atoms with Crippen molar-refractivity contribution >= 4 is 34.6 Å². The molecule has 158 valence electrons. The summed E-state index contributed by atoms with van der Waals surface area (Å²) in [6.45, 7) is 2.98. The molecule has 1 aromatic heterocycles. The second kappa shape index (κ2) is 11.6. The van der Waals surface area contributed by atoms with E-state index in [1.54, 1.807) is 11.6 Å². The first-order valence-corrected chi connectivity index (χ1v) is 11.6. The maximum absolute atomic E-state index is 11.1. The van der Waals surface area contributed by atoms with Crippen molar-refractivity contribution in [1.29, 1.82) is 0 Å². The number of H-pyrrole nitrogens is 1. The fraction of sp³-hybridized carbons (Fsp3) is 0.292. The zero-order valence-corrected chi connectivity index (χ0v) is 18.1. The molecule has 6 heteroatoms. The molecule has 0 aliphatic carbocycles. The van der Waals surface area contributed by atoms with Gasteiger partial charge in [0.15, 0.2) is 0 Å². The molecular weight excluding hydrogens is 394 g/mol. The molecule has 30 heavy (non-hydrogen) atoms. The van der Waals surface area contributed by atoms with Crippen molar-refractivity contribution in [2.45, 2.75) is 19.4 Å². The number of hydrogen-bond donors (Lipinski definition) is 3. The molecule has 0 saturated heterocycles. The lowest BCUT2D eigenvalue weighted by atomic mass is 10.1. The molecular formula is C24H29N3O2S. The van der Waals surface area contributed by atoms with Gasteiger partial charge in [-0.15, -0.1) is 0 Å². The summed E-state index contributed by atoms with van der Waals surface area (Å²) in [6, 6.07) is 16.7. The first kappa shape index (κ1) is 22.2. The number of para-hydroxylation sites is 1. The molecule has 0 bridgehead atoms. The molecule has 0 atom stereocenters. The number of aromatic nitrogens is 1. The molecule has 0 aliphatic rings. The topological polar surface area (TPSA) is 68.4 Å². The molecule has 2 aromatic carbocycles. The number of hydrogen-bond acceptors (Lipinski definition) is 4. The van der Waals surface area contributed by atoms with Crippen LogP contribution >= 0.6 is 11.8 Å². The number of thioether (sulfide) groups is 1. The maximum Gasteiger partial charge on any atom is 0.267 e. The lowest BCUT2D eigenvalue weighted by Gasteiger charge is -2.22. The van der Waals surface area contributed by atoms with Crippen LogP contribution in [0.5, 0.6) is 0 Å². The van der Waals surface area contributed by atoms with Crippen molar-refractivity contribution in [2.24, 2.45) is 0 Å². The second-order valence-electron chi connectivity index (χ2n) is 7.28. The van der Waals surface area contributed by atoms with Crippen molar-refractivity contribution < 1.29 is 10.0 Å². The molecule has 3 N–H and O–H groups in total. The Bertz CT molecular complexity index is 966. The second-order valence-corrected chi connectivity index (χ2v) is 8.27. The molecule has 1 amide bonds. The van der Waals surface area contributed by atoms with Crippen LogP contribution < -0.4 is 5.48 Å². The highest BCUT2D eigenvalue weighted by Crippen LogP contribution is 2.19. The number of benzene rings is 2. The normalized spacial score (nSPS) is 11.6. The summed E-state index contributed by atoms with van der Waals surface area (Å²) in [6.07, 6.45) is 9.47. The van der Waals surface area contributed by atoms with Crippen LogP contribution in [-0.2, 0) is 17.8 Å². The Morgan fingerprint density at radius 2 is 1.97 bits per heavy atom. The van der Waals surface area contributed by atoms with Gasteiger partial charge >= 0.3 is 0 Å². The van der Waals surface area contributed by atoms with Gasteiger partial charge in [-0.3, -0.25) is 14.9 Å². The lowest BCUT2D eigenvalue weighted by Crippen LogP contribution is -2.27. The van der Waals surface area contributed by atoms with Crippen LogP contribution in [0, 0.1) is 0 Å². The minimum absolute atomic E-state index is 0.531. The standard InChI is InChI=1S/C24H29N3O2S/c1-30-16-4-14-27(15-13-21-17-25-23-6-3-2-5-22(21)23)18-20-9-7-19(8-10-20)11-12-24(28)26-29/h2-3,5-12,17,25,29H,4,13-16,18H2,1H3,(H,26,28). The molecule has 3 rings (SSSR count). The number of carbonyl (C=O) groups is 1. The summed E-state index contributed by atoms with van der Waals surface area (Å²) < 4.78 is 0. The van der Waals surface area contributed by atoms with Gasteiger partial charge in [0.2, 0.25) is 0 Å². The Labute approximate surface area is 182 Å². The zero-order valence-electron chi connectivity index (χ0n) is 17.3. The van der Waals surface area contributed by atoms with E-state index in [-0.39, 0.29) is 0 Å². The van der Waals surface area contributed by atoms with E-state index in [0.717, 1.165) is 31.6 Å². The van der Waals surface area contributed by atoms with Crippen molar-refractivity contribution in [3.63, 3.8) is 0 Å². The number of nitrogens with one attached hydrogen (secondary N) is 2. The SMILES string of the molecule is CSCCCN(CCc1c[nH]c2ccccc12)Cc1ccc(C=CC(=O)NO)cc1. The number of fused-ring (bicyclic) bond motifs is 1. The number of aromatic amines is 1. The Balaban J connectivity index is 1.63. The third kappa shape index (κ3) is 6.49. The van der Waals surface area contributed by atoms with Crippen LogP contribution in [0.2, 0.25) is 0 Å². The predicted molar refractivity (Wildman–Crippen MR) is 126 cm³/mol. The first-order chi connectivity index (χ1) is 14.7. The molecule has 3 aromatic rings. The average molecular weight is 424 g/mol. The van der Waals surface area contributed by atoms with Crippen LogP contribution in [0.4, 0.5) is 0 Å². The number of carbonyl (C=O) groups excluding carboxylic acids is 1. The van der Waals surface area contributed by atoms with Gasteiger partial charge in [0.05, 0.1) is 0 Å². The molecule has 0 fully saturated rings. The smallest absolute Gasteiger partial charge is 0.267 e. The van der Waals surface area contributed by atoms with E-state index in [2.05, 4.69) is 58.7 Å². The number of nitrogens with zero attached hydrogens (tertiary/aromatic N) is 1. The Hall–Kier alpha value is -2.54. The van der Waals surface area contributed by atoms with E-state index in [1.807, 2.05) is 23.9 Å². The van der Waals surface area contributed by atoms with E-state index in [0.29, 0.717) is 0 Å². The quantitative estimate of drug-likeness (QED) is 0.184. The summed E-state index contributed by atoms with van der Waals surface area (Å²) >= 11 is 1.89. The zero-order chi connectivity index (χ0) is 21.2. The highest BCUT2D eigenvalue weighted by atomic mass is 32.2. The van der Waals surface area contributed by atoms with E-state index in [9.17, 15) is 4.79 Å². The first-order valence-electron chi connectivity index (χ1n) is 10.2. The fourth-order valence-corrected chi connectivity index (χ4v) is 3.94. The highest BCUT2D eigenvalue weighted by molar-refractivity contribution is 7.98. The van der Waals surface area contributed by atoms with Crippen LogP contribution in [0.15, 0.2) is 60.8 Å². The summed E-state index contributed by atoms with van der Waals surface area (Å²) in [5.74, 6) is 0.636. The Morgan fingerprint density at radius 3 is 2.73 bits per heavy atom. The van der Waals surface area contributed by atoms with Gasteiger partial charge in [0.1, 0.15) is 0 Å². The van der Waals surface area contributed by atoms with Crippen molar-refractivity contribution in [2.75, 3.05) is 25.1 Å². The van der Waals surface area contributed by atoms with Crippen molar-refractivity contribution in [1.82, 2.24) is 15.4 Å². The van der Waals surface area contributed by atoms with E-state index in [1.165, 1.54) is 40.3 Å². The largest absolute Gasteiger partial charge is 0.361 e. The van der Waals surface area contributed by atoms with Gasteiger partial charge in [-0.05, 0) is 60.2 Å². The van der Waals surface area contributed by atoms with Gasteiger partial charge < -0.3 is 4.98 Å². The minimum Gasteiger partial charge on any atom is -0.361 e. The van der Waals surface area contributed by atoms with Gasteiger partial charge in [0, 0.05) is 36.3 Å². The van der Waals surface area contributed by atoms with Crippen molar-refractivity contribution in [3.05, 3.63) is 77.5 Å². The third-order valence-electron chi connectivity index (χ3n) is 5.12. The number of amides is 1. The van der Waals surface area contributed by atoms with Gasteiger partial charge in [-0.2, -0.15) is 11.8 Å². The average Bonchev–Trinajstić information content (AvgIpc) is 3.20. The molecule has 0 saturated carbocycles. The van der Waals surface area contributed by atoms with Gasteiger partial charge in [-0.25, -0.2) is 5.48 Å². The Morgan fingerprint density at radius 1 is 1.17 bits per heavy atom. The van der Waals surface area contributed by atoms with Crippen LogP contribution in [-0.4, -0.2) is 46.1 Å². The van der Waals surface area contributed by atoms with E-state index < -0.39 is 5.91 Å². The third-order valence-corrected chi connectivity index (χ3v) is 5.82. The number of hydroxylamine groups is 1. The molecule has 0 spiro atoms. The molecule has 0 aliphatic heterocycles. The molecule has 1 heterocycles. The minimum atomic E-state index is -0.531. The maximum atomic E-state index is 11.1. The molecule has 0 radical (unpaired) electrons. The summed E-state index contributed by atoms with van der Waals surface area (Å²) in [5, 5.41) is 9.87. The lowest BCUT2D eigenvalue weighted by molar-refractivity contribution is -0.124. The highest BCUT2D eigenvalue weighted by Gasteiger charge is 2.09. The van der Waals surface area contributed by atoms with E-state index in [4.69, 9.17) is 5.21 Å². The fourth-order valence-electron chi connectivity index (χ4n) is 3.52.